The first-order valence-electron chi connectivity index (χ1n) is 11.7. The van der Waals surface area contributed by atoms with Crippen LogP contribution >= 0.6 is 0 Å². The molecule has 5 rings (SSSR count). The number of benzene rings is 1. The van der Waals surface area contributed by atoms with Crippen LogP contribution in [0.3, 0.4) is 0 Å². The van der Waals surface area contributed by atoms with E-state index < -0.39 is 0 Å². The van der Waals surface area contributed by atoms with Crippen molar-refractivity contribution >= 4 is 34.0 Å². The Bertz CT molecular complexity index is 1330. The van der Waals surface area contributed by atoms with Crippen molar-refractivity contribution in [3.63, 3.8) is 0 Å². The standard InChI is InChI=1S/C25H31N7O2/c1-16(2)31-8-10-32(11-9-31)25(33)34-14-17-6-5-7-18(12-17)20-13-19-22-21(27-15-30(22)4)24(26-3)29-23(19)28-20/h5-7,12-13,15-16H,8-11,14H2,1-4H3,(H2,26,28,29). The number of piperazine rings is 1. The maximum Gasteiger partial charge on any atom is 0.410 e. The van der Waals surface area contributed by atoms with Gasteiger partial charge in [-0.05, 0) is 37.1 Å². The Morgan fingerprint density at radius 3 is 2.74 bits per heavy atom. The predicted molar refractivity (Wildman–Crippen MR) is 134 cm³/mol. The molecule has 1 aliphatic rings. The van der Waals surface area contributed by atoms with E-state index in [0.29, 0.717) is 19.1 Å². The molecule has 0 unspecified atom stereocenters. The number of carbonyl (C=O) groups excluding carboxylic acids is 1. The lowest BCUT2D eigenvalue weighted by Gasteiger charge is -2.36. The fourth-order valence-corrected chi connectivity index (χ4v) is 4.61. The minimum atomic E-state index is -0.248. The molecule has 1 fully saturated rings. The first kappa shape index (κ1) is 22.2. The SMILES string of the molecule is CNc1nc2[nH]c(-c3cccc(COC(=O)N4CCN(C(C)C)CC4)c3)cc2c2c1ncn2C. The Hall–Kier alpha value is -3.59. The summed E-state index contributed by atoms with van der Waals surface area (Å²) in [5.41, 5.74) is 5.58. The largest absolute Gasteiger partial charge is 0.445 e. The van der Waals surface area contributed by atoms with Gasteiger partial charge in [0.25, 0.3) is 0 Å². The summed E-state index contributed by atoms with van der Waals surface area (Å²) in [6.07, 6.45) is 1.55. The summed E-state index contributed by atoms with van der Waals surface area (Å²) >= 11 is 0. The zero-order valence-corrected chi connectivity index (χ0v) is 20.1. The van der Waals surface area contributed by atoms with Crippen LogP contribution in [0.5, 0.6) is 0 Å². The number of H-pyrrole nitrogens is 1. The number of ether oxygens (including phenoxy) is 1. The van der Waals surface area contributed by atoms with Crippen LogP contribution < -0.4 is 5.32 Å². The van der Waals surface area contributed by atoms with Gasteiger partial charge < -0.3 is 24.5 Å². The molecular weight excluding hydrogens is 430 g/mol. The van der Waals surface area contributed by atoms with Crippen molar-refractivity contribution in [2.24, 2.45) is 7.05 Å². The molecule has 0 bridgehead atoms. The van der Waals surface area contributed by atoms with Gasteiger partial charge in [-0.25, -0.2) is 14.8 Å². The highest BCUT2D eigenvalue weighted by molar-refractivity contribution is 6.07. The summed E-state index contributed by atoms with van der Waals surface area (Å²) in [7, 11) is 3.83. The Balaban J connectivity index is 1.33. The van der Waals surface area contributed by atoms with E-state index in [1.54, 1.807) is 11.2 Å². The summed E-state index contributed by atoms with van der Waals surface area (Å²) in [5, 5.41) is 4.15. The Morgan fingerprint density at radius 2 is 2.00 bits per heavy atom. The van der Waals surface area contributed by atoms with Crippen LogP contribution in [-0.4, -0.2) is 74.7 Å². The number of hydrogen-bond acceptors (Lipinski definition) is 6. The lowest BCUT2D eigenvalue weighted by Crippen LogP contribution is -2.50. The fourth-order valence-electron chi connectivity index (χ4n) is 4.61. The number of hydrogen-bond donors (Lipinski definition) is 2. The van der Waals surface area contributed by atoms with Crippen molar-refractivity contribution in [3.05, 3.63) is 42.2 Å². The molecule has 1 aliphatic heterocycles. The number of nitrogens with one attached hydrogen (secondary N) is 2. The third kappa shape index (κ3) is 4.07. The van der Waals surface area contributed by atoms with Gasteiger partial charge in [0.15, 0.2) is 5.82 Å². The van der Waals surface area contributed by atoms with Gasteiger partial charge in [-0.1, -0.05) is 18.2 Å². The van der Waals surface area contributed by atoms with Gasteiger partial charge in [0.1, 0.15) is 17.8 Å². The molecular formula is C25H31N7O2. The molecule has 3 aromatic heterocycles. The molecule has 0 spiro atoms. The van der Waals surface area contributed by atoms with Gasteiger partial charge in [-0.15, -0.1) is 0 Å². The van der Waals surface area contributed by atoms with E-state index >= 15 is 0 Å². The highest BCUT2D eigenvalue weighted by Gasteiger charge is 2.23. The number of aryl methyl sites for hydroxylation is 1. The van der Waals surface area contributed by atoms with E-state index in [0.717, 1.165) is 57.8 Å². The molecule has 0 radical (unpaired) electrons. The van der Waals surface area contributed by atoms with E-state index in [9.17, 15) is 4.79 Å². The van der Waals surface area contributed by atoms with Crippen LogP contribution in [-0.2, 0) is 18.4 Å². The molecule has 9 nitrogen and oxygen atoms in total. The zero-order valence-electron chi connectivity index (χ0n) is 20.1. The van der Waals surface area contributed by atoms with Gasteiger partial charge in [0, 0.05) is 57.4 Å². The average Bonchev–Trinajstić information content (AvgIpc) is 3.45. The fraction of sp³-hybridized carbons (Fsp3) is 0.400. The molecule has 4 heterocycles. The van der Waals surface area contributed by atoms with Crippen LogP contribution in [0, 0.1) is 0 Å². The number of amides is 1. The molecule has 34 heavy (non-hydrogen) atoms. The maximum atomic E-state index is 12.6. The maximum absolute atomic E-state index is 12.6. The van der Waals surface area contributed by atoms with Crippen LogP contribution in [0.15, 0.2) is 36.7 Å². The first-order valence-corrected chi connectivity index (χ1v) is 11.7. The lowest BCUT2D eigenvalue weighted by molar-refractivity contribution is 0.0642. The van der Waals surface area contributed by atoms with E-state index in [1.165, 1.54) is 0 Å². The average molecular weight is 462 g/mol. The topological polar surface area (TPSA) is 91.3 Å². The summed E-state index contributed by atoms with van der Waals surface area (Å²) in [6, 6.07) is 10.7. The van der Waals surface area contributed by atoms with E-state index in [1.807, 2.05) is 42.9 Å². The van der Waals surface area contributed by atoms with E-state index in [2.05, 4.69) is 40.1 Å². The van der Waals surface area contributed by atoms with Gasteiger partial charge in [-0.3, -0.25) is 4.90 Å². The number of aromatic amines is 1. The normalized spacial score (nSPS) is 14.9. The molecule has 0 aliphatic carbocycles. The second-order valence-electron chi connectivity index (χ2n) is 9.08. The van der Waals surface area contributed by atoms with Crippen molar-refractivity contribution in [1.29, 1.82) is 0 Å². The Labute approximate surface area is 198 Å². The number of imidazole rings is 1. The van der Waals surface area contributed by atoms with Crippen molar-refractivity contribution in [3.8, 4) is 11.3 Å². The second kappa shape index (κ2) is 8.98. The predicted octanol–water partition coefficient (Wildman–Crippen LogP) is 3.82. The number of carbonyl (C=O) groups is 1. The molecule has 0 saturated carbocycles. The van der Waals surface area contributed by atoms with Gasteiger partial charge >= 0.3 is 6.09 Å². The lowest BCUT2D eigenvalue weighted by atomic mass is 10.1. The smallest absolute Gasteiger partial charge is 0.410 e. The minimum absolute atomic E-state index is 0.241. The van der Waals surface area contributed by atoms with Crippen LogP contribution in [0.2, 0.25) is 0 Å². The number of rotatable bonds is 5. The van der Waals surface area contributed by atoms with Crippen molar-refractivity contribution in [2.45, 2.75) is 26.5 Å². The highest BCUT2D eigenvalue weighted by atomic mass is 16.6. The molecule has 9 heteroatoms. The molecule has 1 aromatic carbocycles. The summed E-state index contributed by atoms with van der Waals surface area (Å²) in [5.74, 6) is 0.742. The van der Waals surface area contributed by atoms with Crippen molar-refractivity contribution in [1.82, 2.24) is 29.3 Å². The summed E-state index contributed by atoms with van der Waals surface area (Å²) < 4.78 is 7.64. The third-order valence-electron chi connectivity index (χ3n) is 6.58. The molecule has 1 saturated heterocycles. The number of nitrogens with zero attached hydrogens (tertiary/aromatic N) is 5. The van der Waals surface area contributed by atoms with E-state index in [-0.39, 0.29) is 12.7 Å². The number of pyridine rings is 1. The van der Waals surface area contributed by atoms with Gasteiger partial charge in [0.05, 0.1) is 11.8 Å². The Morgan fingerprint density at radius 1 is 1.21 bits per heavy atom. The second-order valence-corrected chi connectivity index (χ2v) is 9.08. The van der Waals surface area contributed by atoms with Crippen LogP contribution in [0.4, 0.5) is 10.6 Å². The van der Waals surface area contributed by atoms with Crippen LogP contribution in [0.25, 0.3) is 33.3 Å². The van der Waals surface area contributed by atoms with E-state index in [4.69, 9.17) is 9.72 Å². The Kier molecular flexibility index (Phi) is 5.87. The molecule has 4 aromatic rings. The summed E-state index contributed by atoms with van der Waals surface area (Å²) in [6.45, 7) is 7.79. The third-order valence-corrected chi connectivity index (χ3v) is 6.58. The monoisotopic (exact) mass is 461 g/mol. The molecule has 1 amide bonds. The molecule has 0 atom stereocenters. The van der Waals surface area contributed by atoms with Gasteiger partial charge in [-0.2, -0.15) is 0 Å². The van der Waals surface area contributed by atoms with Crippen molar-refractivity contribution in [2.75, 3.05) is 38.5 Å². The van der Waals surface area contributed by atoms with Crippen molar-refractivity contribution < 1.29 is 9.53 Å². The molecule has 178 valence electrons. The first-order chi connectivity index (χ1) is 16.4. The highest BCUT2D eigenvalue weighted by Crippen LogP contribution is 2.31. The van der Waals surface area contributed by atoms with Gasteiger partial charge in [0.2, 0.25) is 0 Å². The number of aromatic nitrogens is 4. The molecule has 2 N–H and O–H groups in total. The quantitative estimate of drug-likeness (QED) is 0.470. The summed E-state index contributed by atoms with van der Waals surface area (Å²) in [4.78, 5) is 29.4. The van der Waals surface area contributed by atoms with Crippen LogP contribution in [0.1, 0.15) is 19.4 Å². The number of fused-ring (bicyclic) bond motifs is 3. The minimum Gasteiger partial charge on any atom is -0.445 e. The number of anilines is 1. The zero-order chi connectivity index (χ0) is 23.8.